The second-order valence-corrected chi connectivity index (χ2v) is 7.78. The van der Waals surface area contributed by atoms with Gasteiger partial charge < -0.3 is 19.0 Å². The summed E-state index contributed by atoms with van der Waals surface area (Å²) in [4.78, 5) is 12.1. The Labute approximate surface area is 178 Å². The SMILES string of the molecule is CCn1c(SCC(=O)NCc2ccco2)nnc1C(C)Oc1ccc(Cl)cc1C. The zero-order chi connectivity index (χ0) is 20.8. The fourth-order valence-corrected chi connectivity index (χ4v) is 3.84. The Balaban J connectivity index is 1.60. The maximum atomic E-state index is 12.1. The molecule has 1 amide bonds. The third kappa shape index (κ3) is 5.55. The fraction of sp³-hybridized carbons (Fsp3) is 0.350. The van der Waals surface area contributed by atoms with Crippen molar-refractivity contribution in [1.82, 2.24) is 20.1 Å². The normalized spacial score (nSPS) is 12.0. The standard InChI is InChI=1S/C20H23ClN4O3S/c1-4-25-19(14(3)28-17-8-7-15(21)10-13(17)2)23-24-20(25)29-12-18(26)22-11-16-6-5-9-27-16/h5-10,14H,4,11-12H2,1-3H3,(H,22,26). The number of nitrogens with zero attached hydrogens (tertiary/aromatic N) is 3. The third-order valence-corrected chi connectivity index (χ3v) is 5.44. The Morgan fingerprint density at radius 3 is 2.90 bits per heavy atom. The van der Waals surface area contributed by atoms with Crippen molar-refractivity contribution in [3.05, 3.63) is 58.8 Å². The van der Waals surface area contributed by atoms with Crippen molar-refractivity contribution in [2.24, 2.45) is 0 Å². The van der Waals surface area contributed by atoms with E-state index in [0.29, 0.717) is 34.9 Å². The lowest BCUT2D eigenvalue weighted by atomic mass is 10.2. The lowest BCUT2D eigenvalue weighted by Crippen LogP contribution is -2.24. The van der Waals surface area contributed by atoms with Crippen LogP contribution in [-0.2, 0) is 17.9 Å². The summed E-state index contributed by atoms with van der Waals surface area (Å²) in [5, 5.41) is 12.7. The van der Waals surface area contributed by atoms with Gasteiger partial charge in [-0.1, -0.05) is 23.4 Å². The number of benzene rings is 1. The summed E-state index contributed by atoms with van der Waals surface area (Å²) in [5.41, 5.74) is 0.953. The molecule has 2 aromatic heterocycles. The van der Waals surface area contributed by atoms with Crippen LogP contribution < -0.4 is 10.1 Å². The molecule has 2 heterocycles. The molecule has 154 valence electrons. The van der Waals surface area contributed by atoms with Gasteiger partial charge in [-0.15, -0.1) is 10.2 Å². The first-order valence-electron chi connectivity index (χ1n) is 9.25. The molecular weight excluding hydrogens is 412 g/mol. The van der Waals surface area contributed by atoms with Crippen LogP contribution in [0.1, 0.15) is 37.1 Å². The summed E-state index contributed by atoms with van der Waals surface area (Å²) in [6, 6.07) is 9.11. The number of rotatable bonds is 9. The fourth-order valence-electron chi connectivity index (χ4n) is 2.77. The lowest BCUT2D eigenvalue weighted by Gasteiger charge is -2.17. The van der Waals surface area contributed by atoms with Gasteiger partial charge in [-0.2, -0.15) is 0 Å². The summed E-state index contributed by atoms with van der Waals surface area (Å²) in [6.07, 6.45) is 1.28. The summed E-state index contributed by atoms with van der Waals surface area (Å²) < 4.78 is 13.2. The molecule has 1 aromatic carbocycles. The predicted molar refractivity (Wildman–Crippen MR) is 112 cm³/mol. The minimum absolute atomic E-state index is 0.0975. The van der Waals surface area contributed by atoms with E-state index < -0.39 is 0 Å². The molecule has 0 saturated heterocycles. The minimum atomic E-state index is -0.301. The Bertz CT molecular complexity index is 959. The Hall–Kier alpha value is -2.45. The second kappa shape index (κ2) is 9.84. The molecule has 1 unspecified atom stereocenters. The first kappa shape index (κ1) is 21.3. The van der Waals surface area contributed by atoms with Gasteiger partial charge in [-0.25, -0.2) is 0 Å². The van der Waals surface area contributed by atoms with Crippen molar-refractivity contribution in [3.63, 3.8) is 0 Å². The largest absolute Gasteiger partial charge is 0.482 e. The van der Waals surface area contributed by atoms with Crippen LogP contribution in [0, 0.1) is 6.92 Å². The molecule has 0 bridgehead atoms. The molecule has 9 heteroatoms. The van der Waals surface area contributed by atoms with E-state index in [1.165, 1.54) is 11.8 Å². The number of aryl methyl sites for hydroxylation is 1. The molecule has 0 aliphatic carbocycles. The molecular formula is C20H23ClN4O3S. The summed E-state index contributed by atoms with van der Waals surface area (Å²) in [7, 11) is 0. The number of hydrogen-bond donors (Lipinski definition) is 1. The highest BCUT2D eigenvalue weighted by molar-refractivity contribution is 7.99. The highest BCUT2D eigenvalue weighted by Gasteiger charge is 2.20. The van der Waals surface area contributed by atoms with Crippen LogP contribution >= 0.6 is 23.4 Å². The molecule has 1 N–H and O–H groups in total. The third-order valence-electron chi connectivity index (χ3n) is 4.24. The van der Waals surface area contributed by atoms with E-state index in [4.69, 9.17) is 20.8 Å². The smallest absolute Gasteiger partial charge is 0.230 e. The van der Waals surface area contributed by atoms with E-state index >= 15 is 0 Å². The zero-order valence-electron chi connectivity index (χ0n) is 16.5. The maximum Gasteiger partial charge on any atom is 0.230 e. The van der Waals surface area contributed by atoms with Crippen LogP contribution in [0.2, 0.25) is 5.02 Å². The second-order valence-electron chi connectivity index (χ2n) is 6.40. The first-order chi connectivity index (χ1) is 14.0. The van der Waals surface area contributed by atoms with Crippen molar-refractivity contribution in [3.8, 4) is 5.75 Å². The van der Waals surface area contributed by atoms with Gasteiger partial charge in [0, 0.05) is 11.6 Å². The Morgan fingerprint density at radius 1 is 1.38 bits per heavy atom. The van der Waals surface area contributed by atoms with Gasteiger partial charge >= 0.3 is 0 Å². The lowest BCUT2D eigenvalue weighted by molar-refractivity contribution is -0.118. The van der Waals surface area contributed by atoms with Crippen molar-refractivity contribution >= 4 is 29.3 Å². The highest BCUT2D eigenvalue weighted by atomic mass is 35.5. The molecule has 0 saturated carbocycles. The van der Waals surface area contributed by atoms with Crippen LogP contribution in [0.5, 0.6) is 5.75 Å². The van der Waals surface area contributed by atoms with Gasteiger partial charge in [0.05, 0.1) is 18.6 Å². The Morgan fingerprint density at radius 2 is 2.21 bits per heavy atom. The average Bonchev–Trinajstić information content (AvgIpc) is 3.36. The molecule has 7 nitrogen and oxygen atoms in total. The molecule has 3 rings (SSSR count). The van der Waals surface area contributed by atoms with Gasteiger partial charge in [0.1, 0.15) is 11.5 Å². The van der Waals surface area contributed by atoms with Crippen LogP contribution in [0.4, 0.5) is 0 Å². The van der Waals surface area contributed by atoms with Gasteiger partial charge in [0.15, 0.2) is 17.1 Å². The van der Waals surface area contributed by atoms with E-state index in [1.54, 1.807) is 18.4 Å². The number of hydrogen-bond acceptors (Lipinski definition) is 6. The van der Waals surface area contributed by atoms with Crippen molar-refractivity contribution in [2.45, 2.75) is 45.1 Å². The Kier molecular flexibility index (Phi) is 7.22. The van der Waals surface area contributed by atoms with E-state index in [0.717, 1.165) is 11.3 Å². The summed E-state index contributed by atoms with van der Waals surface area (Å²) >= 11 is 7.35. The zero-order valence-corrected chi connectivity index (χ0v) is 18.1. The van der Waals surface area contributed by atoms with Crippen molar-refractivity contribution < 1.29 is 13.9 Å². The number of thioether (sulfide) groups is 1. The van der Waals surface area contributed by atoms with E-state index in [2.05, 4.69) is 15.5 Å². The number of nitrogens with one attached hydrogen (secondary N) is 1. The average molecular weight is 435 g/mol. The maximum absolute atomic E-state index is 12.1. The number of carbonyl (C=O) groups is 1. The van der Waals surface area contributed by atoms with Crippen molar-refractivity contribution in [2.75, 3.05) is 5.75 Å². The quantitative estimate of drug-likeness (QED) is 0.502. The van der Waals surface area contributed by atoms with Crippen LogP contribution in [0.15, 0.2) is 46.2 Å². The molecule has 0 radical (unpaired) electrons. The molecule has 29 heavy (non-hydrogen) atoms. The first-order valence-corrected chi connectivity index (χ1v) is 10.6. The highest BCUT2D eigenvalue weighted by Crippen LogP contribution is 2.28. The number of furan rings is 1. The topological polar surface area (TPSA) is 82.2 Å². The van der Waals surface area contributed by atoms with Crippen molar-refractivity contribution in [1.29, 1.82) is 0 Å². The molecule has 0 aliphatic heterocycles. The monoisotopic (exact) mass is 434 g/mol. The molecule has 0 fully saturated rings. The van der Waals surface area contributed by atoms with Gasteiger partial charge in [0.25, 0.3) is 0 Å². The van der Waals surface area contributed by atoms with Gasteiger partial charge in [-0.05, 0) is 56.7 Å². The molecule has 0 aliphatic rings. The van der Waals surface area contributed by atoms with Crippen LogP contribution in [-0.4, -0.2) is 26.4 Å². The van der Waals surface area contributed by atoms with Crippen LogP contribution in [0.3, 0.4) is 0 Å². The van der Waals surface area contributed by atoms with E-state index in [9.17, 15) is 4.79 Å². The van der Waals surface area contributed by atoms with E-state index in [1.807, 2.05) is 43.5 Å². The van der Waals surface area contributed by atoms with Gasteiger partial charge in [0.2, 0.25) is 5.91 Å². The number of halogens is 1. The number of amides is 1. The molecule has 3 aromatic rings. The van der Waals surface area contributed by atoms with E-state index in [-0.39, 0.29) is 17.8 Å². The number of ether oxygens (including phenoxy) is 1. The van der Waals surface area contributed by atoms with Gasteiger partial charge in [-0.3, -0.25) is 4.79 Å². The predicted octanol–water partition coefficient (Wildman–Crippen LogP) is 4.40. The number of aromatic nitrogens is 3. The molecule has 0 spiro atoms. The molecule has 1 atom stereocenters. The minimum Gasteiger partial charge on any atom is -0.482 e. The summed E-state index contributed by atoms with van der Waals surface area (Å²) in [6.45, 7) is 6.92. The number of carbonyl (C=O) groups excluding carboxylic acids is 1. The van der Waals surface area contributed by atoms with Crippen LogP contribution in [0.25, 0.3) is 0 Å². The summed E-state index contributed by atoms with van der Waals surface area (Å²) in [5.74, 6) is 2.31.